The Labute approximate surface area is 123 Å². The van der Waals surface area contributed by atoms with E-state index in [2.05, 4.69) is 63.0 Å². The van der Waals surface area contributed by atoms with Gasteiger partial charge in [-0.1, -0.05) is 22.0 Å². The summed E-state index contributed by atoms with van der Waals surface area (Å²) in [5.41, 5.74) is 2.67. The van der Waals surface area contributed by atoms with Crippen LogP contribution in [0.5, 0.6) is 0 Å². The average molecular weight is 329 g/mol. The van der Waals surface area contributed by atoms with Gasteiger partial charge in [0.2, 0.25) is 0 Å². The Morgan fingerprint density at radius 2 is 2.17 bits per heavy atom. The molecule has 0 amide bonds. The van der Waals surface area contributed by atoms with Crippen molar-refractivity contribution >= 4 is 33.4 Å². The summed E-state index contributed by atoms with van der Waals surface area (Å²) in [5.74, 6) is 2.54. The lowest BCUT2D eigenvalue weighted by molar-refractivity contribution is 0.649. The van der Waals surface area contributed by atoms with Crippen molar-refractivity contribution in [3.05, 3.63) is 28.2 Å². The van der Waals surface area contributed by atoms with Crippen molar-refractivity contribution in [2.24, 2.45) is 0 Å². The topological polar surface area (TPSA) is 15.3 Å². The third kappa shape index (κ3) is 3.43. The molecular weight excluding hydrogens is 308 g/mol. The Balaban J connectivity index is 2.16. The predicted molar refractivity (Wildman–Crippen MR) is 85.8 cm³/mol. The zero-order valence-electron chi connectivity index (χ0n) is 11.1. The molecule has 100 valence electrons. The van der Waals surface area contributed by atoms with E-state index in [-0.39, 0.29) is 0 Å². The first-order valence-corrected chi connectivity index (χ1v) is 8.46. The van der Waals surface area contributed by atoms with Gasteiger partial charge >= 0.3 is 0 Å². The van der Waals surface area contributed by atoms with Crippen molar-refractivity contribution in [3.8, 4) is 0 Å². The summed E-state index contributed by atoms with van der Waals surface area (Å²) in [6.07, 6.45) is 1.29. The highest BCUT2D eigenvalue weighted by Gasteiger charge is 2.13. The molecule has 1 aliphatic rings. The fourth-order valence-corrected chi connectivity index (χ4v) is 3.82. The van der Waals surface area contributed by atoms with Crippen LogP contribution in [0.1, 0.15) is 24.9 Å². The summed E-state index contributed by atoms with van der Waals surface area (Å²) < 4.78 is 1.21. The normalized spacial score (nSPS) is 18.5. The number of nitrogens with zero attached hydrogens (tertiary/aromatic N) is 1. The summed E-state index contributed by atoms with van der Waals surface area (Å²) in [4.78, 5) is 2.50. The molecule has 4 heteroatoms. The van der Waals surface area contributed by atoms with Gasteiger partial charge in [-0.05, 0) is 43.8 Å². The Morgan fingerprint density at radius 3 is 2.89 bits per heavy atom. The van der Waals surface area contributed by atoms with Gasteiger partial charge in [0.1, 0.15) is 0 Å². The molecule has 1 atom stereocenters. The molecule has 1 N–H and O–H groups in total. The van der Waals surface area contributed by atoms with E-state index in [1.54, 1.807) is 0 Å². The molecule has 1 fully saturated rings. The fraction of sp³-hybridized carbons (Fsp3) is 0.571. The molecule has 1 unspecified atom stereocenters. The first-order valence-electron chi connectivity index (χ1n) is 6.52. The van der Waals surface area contributed by atoms with Crippen LogP contribution in [0.2, 0.25) is 0 Å². The molecule has 1 saturated heterocycles. The second kappa shape index (κ2) is 6.83. The van der Waals surface area contributed by atoms with Crippen LogP contribution >= 0.6 is 27.7 Å². The smallest absolute Gasteiger partial charge is 0.0378 e. The quantitative estimate of drug-likeness (QED) is 0.911. The maximum Gasteiger partial charge on any atom is 0.0378 e. The molecular formula is C14H21BrN2S. The zero-order chi connectivity index (χ0) is 13.0. The molecule has 1 aliphatic heterocycles. The summed E-state index contributed by atoms with van der Waals surface area (Å²) in [5, 5.41) is 3.28. The van der Waals surface area contributed by atoms with Crippen LogP contribution in [0.4, 0.5) is 5.69 Å². The molecule has 1 heterocycles. The molecule has 0 radical (unpaired) electrons. The molecule has 18 heavy (non-hydrogen) atoms. The number of benzene rings is 1. The second-order valence-corrected chi connectivity index (χ2v) is 6.75. The first kappa shape index (κ1) is 14.2. The van der Waals surface area contributed by atoms with Crippen molar-refractivity contribution in [2.45, 2.75) is 19.4 Å². The number of anilines is 1. The summed E-state index contributed by atoms with van der Waals surface area (Å²) >= 11 is 5.77. The van der Waals surface area contributed by atoms with Gasteiger partial charge in [0.25, 0.3) is 0 Å². The molecule has 2 rings (SSSR count). The Hall–Kier alpha value is -0.190. The predicted octanol–water partition coefficient (Wildman–Crippen LogP) is 3.67. The van der Waals surface area contributed by atoms with E-state index >= 15 is 0 Å². The maximum atomic E-state index is 3.70. The van der Waals surface area contributed by atoms with E-state index in [1.807, 2.05) is 7.05 Å². The number of hydrogen-bond donors (Lipinski definition) is 1. The van der Waals surface area contributed by atoms with E-state index in [1.165, 1.54) is 40.2 Å². The fourth-order valence-electron chi connectivity index (χ4n) is 2.22. The zero-order valence-corrected chi connectivity index (χ0v) is 13.5. The molecule has 0 saturated carbocycles. The molecule has 0 spiro atoms. The van der Waals surface area contributed by atoms with E-state index in [4.69, 9.17) is 0 Å². The minimum atomic E-state index is 0.383. The average Bonchev–Trinajstić information content (AvgIpc) is 2.66. The van der Waals surface area contributed by atoms with Crippen LogP contribution in [-0.2, 0) is 0 Å². The Bertz CT molecular complexity index is 389. The SMILES string of the molecule is CNC(C)c1ccc(N2CCCSCC2)cc1Br. The maximum absolute atomic E-state index is 3.70. The second-order valence-electron chi connectivity index (χ2n) is 4.67. The minimum Gasteiger partial charge on any atom is -0.371 e. The van der Waals surface area contributed by atoms with Gasteiger partial charge in [-0.2, -0.15) is 11.8 Å². The monoisotopic (exact) mass is 328 g/mol. The third-order valence-corrected chi connectivity index (χ3v) is 5.21. The van der Waals surface area contributed by atoms with Crippen LogP contribution in [-0.4, -0.2) is 31.6 Å². The number of nitrogens with one attached hydrogen (secondary N) is 1. The highest BCUT2D eigenvalue weighted by Crippen LogP contribution is 2.29. The molecule has 1 aromatic carbocycles. The summed E-state index contributed by atoms with van der Waals surface area (Å²) in [6, 6.07) is 7.13. The third-order valence-electron chi connectivity index (χ3n) is 3.47. The van der Waals surface area contributed by atoms with Crippen molar-refractivity contribution in [2.75, 3.05) is 36.5 Å². The van der Waals surface area contributed by atoms with Crippen molar-refractivity contribution in [1.29, 1.82) is 0 Å². The van der Waals surface area contributed by atoms with Gasteiger partial charge in [-0.3, -0.25) is 0 Å². The first-order chi connectivity index (χ1) is 8.72. The van der Waals surface area contributed by atoms with Crippen molar-refractivity contribution in [1.82, 2.24) is 5.32 Å². The lowest BCUT2D eigenvalue weighted by Gasteiger charge is -2.24. The lowest BCUT2D eigenvalue weighted by atomic mass is 10.1. The molecule has 0 aromatic heterocycles. The number of halogens is 1. The van der Waals surface area contributed by atoms with E-state index in [0.29, 0.717) is 6.04 Å². The number of thioether (sulfide) groups is 1. The van der Waals surface area contributed by atoms with E-state index in [0.717, 1.165) is 6.54 Å². The van der Waals surface area contributed by atoms with Gasteiger partial charge in [0.05, 0.1) is 0 Å². The van der Waals surface area contributed by atoms with Crippen LogP contribution in [0.15, 0.2) is 22.7 Å². The van der Waals surface area contributed by atoms with Crippen LogP contribution in [0.3, 0.4) is 0 Å². The van der Waals surface area contributed by atoms with Gasteiger partial charge in [0.15, 0.2) is 0 Å². The Kier molecular flexibility index (Phi) is 5.39. The standard InChI is InChI=1S/C14H21BrN2S/c1-11(16-2)13-5-4-12(10-14(13)15)17-6-3-8-18-9-7-17/h4-5,10-11,16H,3,6-9H2,1-2H3. The van der Waals surface area contributed by atoms with Gasteiger partial charge in [-0.15, -0.1) is 0 Å². The van der Waals surface area contributed by atoms with E-state index in [9.17, 15) is 0 Å². The molecule has 1 aromatic rings. The summed E-state index contributed by atoms with van der Waals surface area (Å²) in [7, 11) is 2.00. The van der Waals surface area contributed by atoms with Crippen LogP contribution in [0, 0.1) is 0 Å². The van der Waals surface area contributed by atoms with E-state index < -0.39 is 0 Å². The lowest BCUT2D eigenvalue weighted by Crippen LogP contribution is -2.25. The molecule has 0 aliphatic carbocycles. The van der Waals surface area contributed by atoms with Gasteiger partial charge in [0, 0.05) is 35.0 Å². The minimum absolute atomic E-state index is 0.383. The summed E-state index contributed by atoms with van der Waals surface area (Å²) in [6.45, 7) is 4.53. The van der Waals surface area contributed by atoms with Crippen molar-refractivity contribution in [3.63, 3.8) is 0 Å². The van der Waals surface area contributed by atoms with Crippen LogP contribution < -0.4 is 10.2 Å². The highest BCUT2D eigenvalue weighted by atomic mass is 79.9. The Morgan fingerprint density at radius 1 is 1.33 bits per heavy atom. The number of hydrogen-bond acceptors (Lipinski definition) is 3. The highest BCUT2D eigenvalue weighted by molar-refractivity contribution is 9.10. The molecule has 0 bridgehead atoms. The molecule has 2 nitrogen and oxygen atoms in total. The number of rotatable bonds is 3. The van der Waals surface area contributed by atoms with Crippen molar-refractivity contribution < 1.29 is 0 Å². The van der Waals surface area contributed by atoms with Crippen LogP contribution in [0.25, 0.3) is 0 Å². The van der Waals surface area contributed by atoms with Gasteiger partial charge in [-0.25, -0.2) is 0 Å². The van der Waals surface area contributed by atoms with Gasteiger partial charge < -0.3 is 10.2 Å². The largest absolute Gasteiger partial charge is 0.371 e.